The standard InChI is InChI=1S/C43H28N2S/c1-27-17-21-30(22-18-27)45-37-14-5-2-9-32(37)34-25-26-39-41(42(34)45)36-11-3-6-15-38(36)44(39)29-23-19-28(20-24-29)31-12-8-13-35-33-10-4-7-16-40(33)46-43(31)35/h2-26H,1H3. The Balaban J connectivity index is 1.23. The van der Waals surface area contributed by atoms with Crippen molar-refractivity contribution in [3.8, 4) is 22.5 Å². The quantitative estimate of drug-likeness (QED) is 0.190. The van der Waals surface area contributed by atoms with E-state index in [-0.39, 0.29) is 0 Å². The fourth-order valence-electron chi connectivity index (χ4n) is 7.51. The molecule has 0 radical (unpaired) electrons. The zero-order chi connectivity index (χ0) is 30.4. The van der Waals surface area contributed by atoms with Gasteiger partial charge in [0.25, 0.3) is 0 Å². The number of fused-ring (bicyclic) bond motifs is 10. The molecular formula is C43H28N2S. The molecule has 46 heavy (non-hydrogen) atoms. The number of hydrogen-bond acceptors (Lipinski definition) is 1. The lowest BCUT2D eigenvalue weighted by atomic mass is 10.0. The first kappa shape index (κ1) is 25.7. The van der Waals surface area contributed by atoms with Gasteiger partial charge in [-0.25, -0.2) is 0 Å². The van der Waals surface area contributed by atoms with Crippen molar-refractivity contribution in [2.45, 2.75) is 6.92 Å². The molecule has 3 heterocycles. The smallest absolute Gasteiger partial charge is 0.0641 e. The lowest BCUT2D eigenvalue weighted by molar-refractivity contribution is 1.17. The molecule has 10 aromatic rings. The summed E-state index contributed by atoms with van der Waals surface area (Å²) in [5.41, 5.74) is 11.0. The summed E-state index contributed by atoms with van der Waals surface area (Å²) in [6.07, 6.45) is 0. The van der Waals surface area contributed by atoms with Gasteiger partial charge in [-0.05, 0) is 66.6 Å². The van der Waals surface area contributed by atoms with E-state index in [1.165, 1.54) is 86.2 Å². The van der Waals surface area contributed by atoms with Crippen LogP contribution < -0.4 is 0 Å². The van der Waals surface area contributed by atoms with Crippen molar-refractivity contribution in [3.63, 3.8) is 0 Å². The first-order chi connectivity index (χ1) is 22.7. The summed E-state index contributed by atoms with van der Waals surface area (Å²) < 4.78 is 7.57. The normalized spacial score (nSPS) is 12.0. The third-order valence-electron chi connectivity index (χ3n) is 9.60. The minimum Gasteiger partial charge on any atom is -0.309 e. The van der Waals surface area contributed by atoms with Crippen LogP contribution in [0.2, 0.25) is 0 Å². The summed E-state index contributed by atoms with van der Waals surface area (Å²) in [6.45, 7) is 2.15. The van der Waals surface area contributed by atoms with Crippen LogP contribution in [-0.2, 0) is 0 Å². The molecule has 0 saturated carbocycles. The fraction of sp³-hybridized carbons (Fsp3) is 0.0233. The number of benzene rings is 7. The van der Waals surface area contributed by atoms with Gasteiger partial charge >= 0.3 is 0 Å². The van der Waals surface area contributed by atoms with E-state index in [0.717, 1.165) is 5.69 Å². The molecule has 0 amide bonds. The van der Waals surface area contributed by atoms with Crippen LogP contribution in [0.5, 0.6) is 0 Å². The van der Waals surface area contributed by atoms with Crippen LogP contribution in [0.15, 0.2) is 152 Å². The van der Waals surface area contributed by atoms with Gasteiger partial charge in [-0.2, -0.15) is 0 Å². The Kier molecular flexibility index (Phi) is 5.40. The molecule has 7 aromatic carbocycles. The minimum atomic E-state index is 1.16. The van der Waals surface area contributed by atoms with Crippen molar-refractivity contribution < 1.29 is 0 Å². The van der Waals surface area contributed by atoms with Crippen molar-refractivity contribution in [3.05, 3.63) is 157 Å². The van der Waals surface area contributed by atoms with E-state index >= 15 is 0 Å². The van der Waals surface area contributed by atoms with Crippen molar-refractivity contribution in [2.75, 3.05) is 0 Å². The molecule has 10 rings (SSSR count). The van der Waals surface area contributed by atoms with E-state index in [9.17, 15) is 0 Å². The number of para-hydroxylation sites is 2. The van der Waals surface area contributed by atoms with Gasteiger partial charge in [0.1, 0.15) is 0 Å². The van der Waals surface area contributed by atoms with E-state index in [4.69, 9.17) is 0 Å². The summed E-state index contributed by atoms with van der Waals surface area (Å²) >= 11 is 1.88. The van der Waals surface area contributed by atoms with Crippen LogP contribution in [0.3, 0.4) is 0 Å². The van der Waals surface area contributed by atoms with Gasteiger partial charge in [0.15, 0.2) is 0 Å². The number of nitrogens with zero attached hydrogens (tertiary/aromatic N) is 2. The highest BCUT2D eigenvalue weighted by Gasteiger charge is 2.20. The van der Waals surface area contributed by atoms with Crippen LogP contribution in [0.25, 0.3) is 86.3 Å². The Labute approximate surface area is 270 Å². The van der Waals surface area contributed by atoms with Crippen LogP contribution in [0.4, 0.5) is 0 Å². The maximum atomic E-state index is 2.46. The average Bonchev–Trinajstić information content (AvgIpc) is 3.76. The van der Waals surface area contributed by atoms with Gasteiger partial charge in [0, 0.05) is 53.1 Å². The van der Waals surface area contributed by atoms with Gasteiger partial charge in [-0.15, -0.1) is 11.3 Å². The average molecular weight is 605 g/mol. The molecule has 0 bridgehead atoms. The molecule has 0 N–H and O–H groups in total. The zero-order valence-corrected chi connectivity index (χ0v) is 26.1. The second kappa shape index (κ2) is 9.68. The fourth-order valence-corrected chi connectivity index (χ4v) is 8.75. The number of thiophene rings is 1. The second-order valence-electron chi connectivity index (χ2n) is 12.2. The monoisotopic (exact) mass is 604 g/mol. The van der Waals surface area contributed by atoms with Gasteiger partial charge in [0.05, 0.1) is 22.1 Å². The van der Waals surface area contributed by atoms with E-state index in [1.807, 2.05) is 11.3 Å². The molecule has 216 valence electrons. The highest BCUT2D eigenvalue weighted by atomic mass is 32.1. The summed E-state index contributed by atoms with van der Waals surface area (Å²) in [5.74, 6) is 0. The number of rotatable bonds is 3. The summed E-state index contributed by atoms with van der Waals surface area (Å²) in [5, 5.41) is 7.76. The molecule has 0 aliphatic heterocycles. The highest BCUT2D eigenvalue weighted by molar-refractivity contribution is 7.26. The molecule has 0 spiro atoms. The van der Waals surface area contributed by atoms with Gasteiger partial charge in [-0.1, -0.05) is 109 Å². The van der Waals surface area contributed by atoms with Gasteiger partial charge in [0.2, 0.25) is 0 Å². The predicted molar refractivity (Wildman–Crippen MR) is 198 cm³/mol. The van der Waals surface area contributed by atoms with E-state index < -0.39 is 0 Å². The second-order valence-corrected chi connectivity index (χ2v) is 13.3. The van der Waals surface area contributed by atoms with Crippen LogP contribution in [-0.4, -0.2) is 9.13 Å². The Hall–Kier alpha value is -5.64. The third kappa shape index (κ3) is 3.58. The molecule has 3 heteroatoms. The van der Waals surface area contributed by atoms with Crippen molar-refractivity contribution in [1.82, 2.24) is 9.13 Å². The van der Waals surface area contributed by atoms with Crippen LogP contribution >= 0.6 is 11.3 Å². The first-order valence-electron chi connectivity index (χ1n) is 15.8. The Morgan fingerprint density at radius 1 is 0.435 bits per heavy atom. The summed E-state index contributed by atoms with van der Waals surface area (Å²) in [7, 11) is 0. The molecule has 0 aliphatic rings. The topological polar surface area (TPSA) is 9.86 Å². The largest absolute Gasteiger partial charge is 0.309 e. The minimum absolute atomic E-state index is 1.16. The zero-order valence-electron chi connectivity index (χ0n) is 25.2. The lowest BCUT2D eigenvalue weighted by Gasteiger charge is -2.11. The molecule has 0 atom stereocenters. The summed E-state index contributed by atoms with van der Waals surface area (Å²) in [4.78, 5) is 0. The summed E-state index contributed by atoms with van der Waals surface area (Å²) in [6, 6.07) is 55.8. The number of aryl methyl sites for hydroxylation is 1. The Morgan fingerprint density at radius 2 is 1.07 bits per heavy atom. The molecule has 3 aromatic heterocycles. The van der Waals surface area contributed by atoms with E-state index in [2.05, 4.69) is 168 Å². The van der Waals surface area contributed by atoms with Crippen molar-refractivity contribution in [2.24, 2.45) is 0 Å². The highest BCUT2D eigenvalue weighted by Crippen LogP contribution is 2.43. The van der Waals surface area contributed by atoms with Gasteiger partial charge in [-0.3, -0.25) is 0 Å². The third-order valence-corrected chi connectivity index (χ3v) is 10.8. The Morgan fingerprint density at radius 3 is 1.87 bits per heavy atom. The maximum Gasteiger partial charge on any atom is 0.0641 e. The molecular weight excluding hydrogens is 577 g/mol. The molecule has 0 unspecified atom stereocenters. The van der Waals surface area contributed by atoms with Crippen LogP contribution in [0, 0.1) is 6.92 Å². The van der Waals surface area contributed by atoms with Crippen molar-refractivity contribution >= 4 is 75.1 Å². The number of hydrogen-bond donors (Lipinski definition) is 0. The van der Waals surface area contributed by atoms with E-state index in [0.29, 0.717) is 0 Å². The van der Waals surface area contributed by atoms with Gasteiger partial charge < -0.3 is 9.13 Å². The van der Waals surface area contributed by atoms with Crippen molar-refractivity contribution in [1.29, 1.82) is 0 Å². The predicted octanol–water partition coefficient (Wildman–Crippen LogP) is 12.2. The SMILES string of the molecule is Cc1ccc(-n2c3ccccc3c3ccc4c(c5ccccc5n4-c4ccc(-c5cccc6c5sc5ccccc56)cc4)c32)cc1. The molecule has 0 fully saturated rings. The lowest BCUT2D eigenvalue weighted by Crippen LogP contribution is -1.95. The van der Waals surface area contributed by atoms with E-state index in [1.54, 1.807) is 0 Å². The first-order valence-corrected chi connectivity index (χ1v) is 16.6. The Bertz CT molecular complexity index is 2790. The van der Waals surface area contributed by atoms with Crippen LogP contribution in [0.1, 0.15) is 5.56 Å². The maximum absolute atomic E-state index is 2.46. The molecule has 0 aliphatic carbocycles. The molecule has 0 saturated heterocycles. The number of aromatic nitrogens is 2. The molecule has 2 nitrogen and oxygen atoms in total.